The molecule has 16 heavy (non-hydrogen) atoms. The lowest BCUT2D eigenvalue weighted by molar-refractivity contribution is 0.239. The van der Waals surface area contributed by atoms with Gasteiger partial charge in [-0.3, -0.25) is 0 Å². The van der Waals surface area contributed by atoms with Crippen molar-refractivity contribution >= 4 is 0 Å². The molecule has 0 heterocycles. The molecule has 0 saturated carbocycles. The van der Waals surface area contributed by atoms with E-state index >= 15 is 0 Å². The quantitative estimate of drug-likeness (QED) is 0.829. The molecule has 0 spiro atoms. The van der Waals surface area contributed by atoms with Crippen LogP contribution in [0.15, 0.2) is 24.3 Å². The number of para-hydroxylation sites is 1. The van der Waals surface area contributed by atoms with Crippen LogP contribution in [0.4, 0.5) is 0 Å². The number of ether oxygens (including phenoxy) is 1. The van der Waals surface area contributed by atoms with E-state index in [-0.39, 0.29) is 11.6 Å². The SMILES string of the molecule is CC(C)Oc1ccccc1CCC(C)(C)N. The Kier molecular flexibility index (Phi) is 4.36. The maximum Gasteiger partial charge on any atom is 0.122 e. The molecule has 0 unspecified atom stereocenters. The zero-order valence-corrected chi connectivity index (χ0v) is 10.8. The Hall–Kier alpha value is -1.02. The molecule has 0 aliphatic heterocycles. The van der Waals surface area contributed by atoms with Gasteiger partial charge in [0.2, 0.25) is 0 Å². The fourth-order valence-electron chi connectivity index (χ4n) is 1.54. The van der Waals surface area contributed by atoms with Gasteiger partial charge in [-0.2, -0.15) is 0 Å². The van der Waals surface area contributed by atoms with E-state index in [1.165, 1.54) is 5.56 Å². The Morgan fingerprint density at radius 2 is 1.88 bits per heavy atom. The minimum Gasteiger partial charge on any atom is -0.491 e. The number of benzene rings is 1. The van der Waals surface area contributed by atoms with Crippen molar-refractivity contribution < 1.29 is 4.74 Å². The summed E-state index contributed by atoms with van der Waals surface area (Å²) in [4.78, 5) is 0. The van der Waals surface area contributed by atoms with Crippen molar-refractivity contribution in [3.8, 4) is 5.75 Å². The summed E-state index contributed by atoms with van der Waals surface area (Å²) in [6.07, 6.45) is 2.14. The van der Waals surface area contributed by atoms with Crippen LogP contribution in [0.2, 0.25) is 0 Å². The number of hydrogen-bond donors (Lipinski definition) is 1. The molecule has 2 nitrogen and oxygen atoms in total. The third kappa shape index (κ3) is 4.67. The normalized spacial score (nSPS) is 11.9. The first-order chi connectivity index (χ1) is 7.38. The van der Waals surface area contributed by atoms with Gasteiger partial charge in [0, 0.05) is 5.54 Å². The molecule has 0 fully saturated rings. The van der Waals surface area contributed by atoms with Crippen molar-refractivity contribution in [2.75, 3.05) is 0 Å². The molecular formula is C14H23NO. The van der Waals surface area contributed by atoms with Gasteiger partial charge in [-0.25, -0.2) is 0 Å². The second-order valence-corrected chi connectivity index (χ2v) is 5.26. The standard InChI is InChI=1S/C14H23NO/c1-11(2)16-13-8-6-5-7-12(13)9-10-14(3,4)15/h5-8,11H,9-10,15H2,1-4H3. The van der Waals surface area contributed by atoms with E-state index in [4.69, 9.17) is 10.5 Å². The van der Waals surface area contributed by atoms with Crippen molar-refractivity contribution in [1.82, 2.24) is 0 Å². The highest BCUT2D eigenvalue weighted by molar-refractivity contribution is 5.33. The monoisotopic (exact) mass is 221 g/mol. The summed E-state index contributed by atoms with van der Waals surface area (Å²) in [5.74, 6) is 0.988. The highest BCUT2D eigenvalue weighted by Gasteiger charge is 2.12. The van der Waals surface area contributed by atoms with E-state index in [0.717, 1.165) is 18.6 Å². The molecule has 0 aromatic heterocycles. The van der Waals surface area contributed by atoms with Crippen molar-refractivity contribution in [3.05, 3.63) is 29.8 Å². The lowest BCUT2D eigenvalue weighted by atomic mass is 9.96. The van der Waals surface area contributed by atoms with Crippen LogP contribution in [-0.2, 0) is 6.42 Å². The smallest absolute Gasteiger partial charge is 0.122 e. The van der Waals surface area contributed by atoms with E-state index in [9.17, 15) is 0 Å². The van der Waals surface area contributed by atoms with Gasteiger partial charge >= 0.3 is 0 Å². The summed E-state index contributed by atoms with van der Waals surface area (Å²) >= 11 is 0. The zero-order valence-electron chi connectivity index (χ0n) is 10.8. The van der Waals surface area contributed by atoms with Crippen LogP contribution in [0.25, 0.3) is 0 Å². The van der Waals surface area contributed by atoms with E-state index in [1.54, 1.807) is 0 Å². The second kappa shape index (κ2) is 5.35. The largest absolute Gasteiger partial charge is 0.491 e. The van der Waals surface area contributed by atoms with E-state index in [1.807, 2.05) is 32.0 Å². The Morgan fingerprint density at radius 1 is 1.25 bits per heavy atom. The minimum atomic E-state index is -0.120. The van der Waals surface area contributed by atoms with Gasteiger partial charge < -0.3 is 10.5 Å². The Labute approximate surface area is 98.8 Å². The molecule has 0 atom stereocenters. The predicted octanol–water partition coefficient (Wildman–Crippen LogP) is 3.14. The van der Waals surface area contributed by atoms with Gasteiger partial charge in [0.15, 0.2) is 0 Å². The molecule has 2 heteroatoms. The summed E-state index contributed by atoms with van der Waals surface area (Å²) in [6, 6.07) is 8.20. The fraction of sp³-hybridized carbons (Fsp3) is 0.571. The molecule has 1 rings (SSSR count). The molecule has 0 amide bonds. The molecule has 0 aliphatic rings. The van der Waals surface area contributed by atoms with Crippen molar-refractivity contribution in [2.24, 2.45) is 5.73 Å². The molecule has 0 aliphatic carbocycles. The van der Waals surface area contributed by atoms with E-state index in [0.29, 0.717) is 0 Å². The summed E-state index contributed by atoms with van der Waals surface area (Å²) in [6.45, 7) is 8.20. The van der Waals surface area contributed by atoms with Gasteiger partial charge in [-0.05, 0) is 52.2 Å². The highest BCUT2D eigenvalue weighted by Crippen LogP contribution is 2.22. The summed E-state index contributed by atoms with van der Waals surface area (Å²) < 4.78 is 5.77. The first-order valence-electron chi connectivity index (χ1n) is 5.92. The number of rotatable bonds is 5. The van der Waals surface area contributed by atoms with Crippen LogP contribution in [0.3, 0.4) is 0 Å². The first kappa shape index (κ1) is 13.0. The molecular weight excluding hydrogens is 198 g/mol. The van der Waals surface area contributed by atoms with E-state index < -0.39 is 0 Å². The van der Waals surface area contributed by atoms with Gasteiger partial charge in [0.05, 0.1) is 6.10 Å². The Bertz CT molecular complexity index is 326. The Balaban J connectivity index is 2.71. The molecule has 2 N–H and O–H groups in total. The van der Waals surface area contributed by atoms with Crippen LogP contribution >= 0.6 is 0 Å². The second-order valence-electron chi connectivity index (χ2n) is 5.26. The maximum absolute atomic E-state index is 5.99. The van der Waals surface area contributed by atoms with Gasteiger partial charge in [-0.15, -0.1) is 0 Å². The van der Waals surface area contributed by atoms with E-state index in [2.05, 4.69) is 19.9 Å². The van der Waals surface area contributed by atoms with Crippen LogP contribution in [0, 0.1) is 0 Å². The molecule has 1 aromatic rings. The molecule has 90 valence electrons. The Morgan fingerprint density at radius 3 is 2.44 bits per heavy atom. The van der Waals surface area contributed by atoms with Gasteiger partial charge in [-0.1, -0.05) is 18.2 Å². The van der Waals surface area contributed by atoms with Crippen LogP contribution in [0.1, 0.15) is 39.7 Å². The predicted molar refractivity (Wildman–Crippen MR) is 68.8 cm³/mol. The lowest BCUT2D eigenvalue weighted by Gasteiger charge is -2.20. The first-order valence-corrected chi connectivity index (χ1v) is 5.92. The summed E-state index contributed by atoms with van der Waals surface area (Å²) in [5, 5.41) is 0. The minimum absolute atomic E-state index is 0.120. The van der Waals surface area contributed by atoms with Crippen molar-refractivity contribution in [3.63, 3.8) is 0 Å². The summed E-state index contributed by atoms with van der Waals surface area (Å²) in [7, 11) is 0. The molecule has 0 radical (unpaired) electrons. The fourth-order valence-corrected chi connectivity index (χ4v) is 1.54. The zero-order chi connectivity index (χ0) is 12.2. The average molecular weight is 221 g/mol. The topological polar surface area (TPSA) is 35.2 Å². The van der Waals surface area contributed by atoms with Crippen molar-refractivity contribution in [2.45, 2.75) is 52.2 Å². The highest BCUT2D eigenvalue weighted by atomic mass is 16.5. The molecule has 1 aromatic carbocycles. The maximum atomic E-state index is 5.99. The van der Waals surface area contributed by atoms with Gasteiger partial charge in [0.1, 0.15) is 5.75 Å². The van der Waals surface area contributed by atoms with Crippen LogP contribution in [-0.4, -0.2) is 11.6 Å². The lowest BCUT2D eigenvalue weighted by Crippen LogP contribution is -2.32. The molecule has 0 bridgehead atoms. The van der Waals surface area contributed by atoms with Crippen LogP contribution < -0.4 is 10.5 Å². The summed E-state index contributed by atoms with van der Waals surface area (Å²) in [5.41, 5.74) is 7.12. The third-order valence-electron chi connectivity index (χ3n) is 2.37. The number of nitrogens with two attached hydrogens (primary N) is 1. The van der Waals surface area contributed by atoms with Crippen LogP contribution in [0.5, 0.6) is 5.75 Å². The number of aryl methyl sites for hydroxylation is 1. The average Bonchev–Trinajstić information content (AvgIpc) is 2.14. The molecule has 0 saturated heterocycles. The van der Waals surface area contributed by atoms with Crippen molar-refractivity contribution in [1.29, 1.82) is 0 Å². The third-order valence-corrected chi connectivity index (χ3v) is 2.37. The number of hydrogen-bond acceptors (Lipinski definition) is 2. The van der Waals surface area contributed by atoms with Gasteiger partial charge in [0.25, 0.3) is 0 Å².